The lowest BCUT2D eigenvalue weighted by molar-refractivity contribution is -0.114. The molecule has 1 saturated carbocycles. The number of rotatable bonds is 5. The smallest absolute Gasteiger partial charge is 0.243 e. The third-order valence-electron chi connectivity index (χ3n) is 3.52. The molecule has 1 aromatic carbocycles. The van der Waals surface area contributed by atoms with Gasteiger partial charge >= 0.3 is 0 Å². The van der Waals surface area contributed by atoms with Gasteiger partial charge < -0.3 is 10.2 Å². The molecular weight excluding hydrogens is 335 g/mol. The summed E-state index contributed by atoms with van der Waals surface area (Å²) in [5.74, 6) is 1.65. The Bertz CT molecular complexity index is 734. The first-order valence-corrected chi connectivity index (χ1v) is 8.08. The quantitative estimate of drug-likeness (QED) is 0.834. The summed E-state index contributed by atoms with van der Waals surface area (Å²) in [6.07, 6.45) is 2.19. The highest BCUT2D eigenvalue weighted by molar-refractivity contribution is 6.31. The molecule has 23 heavy (non-hydrogen) atoms. The number of nitrogens with zero attached hydrogens (tertiary/aromatic N) is 3. The van der Waals surface area contributed by atoms with Crippen LogP contribution in [0.25, 0.3) is 0 Å². The number of nitrogens with one attached hydrogen (secondary N) is 1. The number of hydrogen-bond donors (Lipinski definition) is 1. The maximum Gasteiger partial charge on any atom is 0.243 e. The molecule has 2 aromatic rings. The van der Waals surface area contributed by atoms with Crippen LogP contribution in [0.4, 0.5) is 11.5 Å². The van der Waals surface area contributed by atoms with Crippen LogP contribution in [0.1, 0.15) is 24.6 Å². The number of benzene rings is 1. The minimum Gasteiger partial charge on any atom is -0.350 e. The third-order valence-corrected chi connectivity index (χ3v) is 3.95. The van der Waals surface area contributed by atoms with Gasteiger partial charge in [-0.3, -0.25) is 4.79 Å². The lowest BCUT2D eigenvalue weighted by Gasteiger charge is -2.18. The molecule has 1 N–H and O–H groups in total. The topological polar surface area (TPSA) is 58.1 Å². The molecule has 7 heteroatoms. The Morgan fingerprint density at radius 2 is 2.09 bits per heavy atom. The van der Waals surface area contributed by atoms with Crippen LogP contribution in [0.5, 0.6) is 0 Å². The van der Waals surface area contributed by atoms with E-state index in [4.69, 9.17) is 23.2 Å². The SMILES string of the molecule is CN(CC(=O)Nc1cccc(Cl)c1)c1cc(Cl)nc(C2CC2)n1. The van der Waals surface area contributed by atoms with Gasteiger partial charge in [0.2, 0.25) is 5.91 Å². The first-order valence-electron chi connectivity index (χ1n) is 7.32. The lowest BCUT2D eigenvalue weighted by atomic mass is 10.3. The van der Waals surface area contributed by atoms with E-state index in [0.717, 1.165) is 18.7 Å². The lowest BCUT2D eigenvalue weighted by Crippen LogP contribution is -2.30. The molecule has 0 bridgehead atoms. The fraction of sp³-hybridized carbons (Fsp3) is 0.312. The third kappa shape index (κ3) is 4.33. The Hall–Kier alpha value is -1.85. The van der Waals surface area contributed by atoms with Crippen molar-refractivity contribution in [2.75, 3.05) is 23.8 Å². The second-order valence-corrected chi connectivity index (χ2v) is 6.42. The van der Waals surface area contributed by atoms with Crippen molar-refractivity contribution in [3.05, 3.63) is 46.3 Å². The molecule has 0 atom stereocenters. The minimum atomic E-state index is -0.155. The van der Waals surface area contributed by atoms with E-state index in [2.05, 4.69) is 15.3 Å². The standard InChI is InChI=1S/C16H16Cl2N4O/c1-22(9-15(23)19-12-4-2-3-11(17)7-12)14-8-13(18)20-16(21-14)10-5-6-10/h2-4,7-8,10H,5-6,9H2,1H3,(H,19,23). The molecule has 1 heterocycles. The van der Waals surface area contributed by atoms with Gasteiger partial charge in [-0.2, -0.15) is 0 Å². The van der Waals surface area contributed by atoms with E-state index in [0.29, 0.717) is 27.6 Å². The van der Waals surface area contributed by atoms with Crippen LogP contribution >= 0.6 is 23.2 Å². The van der Waals surface area contributed by atoms with Crippen molar-refractivity contribution in [2.45, 2.75) is 18.8 Å². The second-order valence-electron chi connectivity index (χ2n) is 5.60. The fourth-order valence-electron chi connectivity index (χ4n) is 2.21. The summed E-state index contributed by atoms with van der Waals surface area (Å²) in [4.78, 5) is 22.6. The van der Waals surface area contributed by atoms with Gasteiger partial charge in [-0.15, -0.1) is 0 Å². The number of amides is 1. The van der Waals surface area contributed by atoms with E-state index in [9.17, 15) is 4.79 Å². The average Bonchev–Trinajstić information content (AvgIpc) is 3.31. The number of halogens is 2. The normalized spacial score (nSPS) is 13.7. The second kappa shape index (κ2) is 6.72. The van der Waals surface area contributed by atoms with E-state index in [-0.39, 0.29) is 12.5 Å². The average molecular weight is 351 g/mol. The van der Waals surface area contributed by atoms with Crippen molar-refractivity contribution < 1.29 is 4.79 Å². The molecule has 0 unspecified atom stereocenters. The molecule has 5 nitrogen and oxygen atoms in total. The maximum absolute atomic E-state index is 12.2. The van der Waals surface area contributed by atoms with E-state index in [1.54, 1.807) is 42.3 Å². The summed E-state index contributed by atoms with van der Waals surface area (Å²) in [6.45, 7) is 0.157. The van der Waals surface area contributed by atoms with Crippen LogP contribution in [-0.4, -0.2) is 29.5 Å². The Labute approximate surface area is 144 Å². The van der Waals surface area contributed by atoms with Crippen LogP contribution in [0.2, 0.25) is 10.2 Å². The van der Waals surface area contributed by atoms with Gasteiger partial charge in [-0.1, -0.05) is 29.3 Å². The van der Waals surface area contributed by atoms with Gasteiger partial charge in [0, 0.05) is 29.7 Å². The Balaban J connectivity index is 1.66. The number of aromatic nitrogens is 2. The van der Waals surface area contributed by atoms with Crippen LogP contribution in [0.15, 0.2) is 30.3 Å². The summed E-state index contributed by atoms with van der Waals surface area (Å²) < 4.78 is 0. The van der Waals surface area contributed by atoms with E-state index >= 15 is 0 Å². The van der Waals surface area contributed by atoms with Crippen LogP contribution < -0.4 is 10.2 Å². The molecule has 0 aliphatic heterocycles. The van der Waals surface area contributed by atoms with E-state index in [1.807, 2.05) is 0 Å². The fourth-order valence-corrected chi connectivity index (χ4v) is 2.58. The summed E-state index contributed by atoms with van der Waals surface area (Å²) in [5, 5.41) is 3.78. The van der Waals surface area contributed by atoms with Crippen molar-refractivity contribution in [2.24, 2.45) is 0 Å². The van der Waals surface area contributed by atoms with Crippen molar-refractivity contribution >= 4 is 40.6 Å². The van der Waals surface area contributed by atoms with Crippen LogP contribution in [-0.2, 0) is 4.79 Å². The maximum atomic E-state index is 12.2. The zero-order valence-electron chi connectivity index (χ0n) is 12.6. The summed E-state index contributed by atoms with van der Waals surface area (Å²) >= 11 is 12.0. The molecule has 120 valence electrons. The number of anilines is 2. The Morgan fingerprint density at radius 1 is 1.30 bits per heavy atom. The molecular formula is C16H16Cl2N4O. The molecule has 1 aliphatic rings. The van der Waals surface area contributed by atoms with Gasteiger partial charge in [-0.05, 0) is 31.0 Å². The number of carbonyl (C=O) groups excluding carboxylic acids is 1. The first kappa shape index (κ1) is 16.0. The first-order chi connectivity index (χ1) is 11.0. The summed E-state index contributed by atoms with van der Waals surface area (Å²) in [7, 11) is 1.80. The van der Waals surface area contributed by atoms with Crippen molar-refractivity contribution in [1.29, 1.82) is 0 Å². The van der Waals surface area contributed by atoms with Gasteiger partial charge in [0.1, 0.15) is 16.8 Å². The summed E-state index contributed by atoms with van der Waals surface area (Å²) in [6, 6.07) is 8.70. The highest BCUT2D eigenvalue weighted by atomic mass is 35.5. The van der Waals surface area contributed by atoms with Gasteiger partial charge in [-0.25, -0.2) is 9.97 Å². The monoisotopic (exact) mass is 350 g/mol. The Morgan fingerprint density at radius 3 is 2.78 bits per heavy atom. The molecule has 0 spiro atoms. The predicted molar refractivity (Wildman–Crippen MR) is 92.4 cm³/mol. The molecule has 1 aliphatic carbocycles. The van der Waals surface area contributed by atoms with Crippen LogP contribution in [0.3, 0.4) is 0 Å². The highest BCUT2D eigenvalue weighted by Gasteiger charge is 2.27. The van der Waals surface area contributed by atoms with Gasteiger partial charge in [0.15, 0.2) is 0 Å². The zero-order valence-corrected chi connectivity index (χ0v) is 14.1. The molecule has 1 fully saturated rings. The number of hydrogen-bond acceptors (Lipinski definition) is 4. The van der Waals surface area contributed by atoms with Crippen molar-refractivity contribution in [1.82, 2.24) is 9.97 Å². The molecule has 0 saturated heterocycles. The van der Waals surface area contributed by atoms with Gasteiger partial charge in [0.25, 0.3) is 0 Å². The highest BCUT2D eigenvalue weighted by Crippen LogP contribution is 2.39. The molecule has 3 rings (SSSR count). The molecule has 0 radical (unpaired) electrons. The predicted octanol–water partition coefficient (Wildman–Crippen LogP) is 3.74. The molecule has 1 aromatic heterocycles. The number of carbonyl (C=O) groups is 1. The summed E-state index contributed by atoms with van der Waals surface area (Å²) in [5.41, 5.74) is 0.662. The number of likely N-dealkylation sites (N-methyl/N-ethyl adjacent to an activating group) is 1. The zero-order chi connectivity index (χ0) is 16.4. The van der Waals surface area contributed by atoms with Crippen molar-refractivity contribution in [3.63, 3.8) is 0 Å². The minimum absolute atomic E-state index is 0.155. The van der Waals surface area contributed by atoms with Crippen molar-refractivity contribution in [3.8, 4) is 0 Å². The van der Waals surface area contributed by atoms with E-state index in [1.165, 1.54) is 0 Å². The van der Waals surface area contributed by atoms with Crippen LogP contribution in [0, 0.1) is 0 Å². The largest absolute Gasteiger partial charge is 0.350 e. The van der Waals surface area contributed by atoms with Gasteiger partial charge in [0.05, 0.1) is 6.54 Å². The van der Waals surface area contributed by atoms with E-state index < -0.39 is 0 Å². The Kier molecular flexibility index (Phi) is 4.68. The molecule has 1 amide bonds.